The number of nitrogens with zero attached hydrogens (tertiary/aromatic N) is 1. The lowest BCUT2D eigenvalue weighted by Gasteiger charge is -2.13. The quantitative estimate of drug-likeness (QED) is 0.601. The molecule has 0 spiro atoms. The van der Waals surface area contributed by atoms with E-state index in [1.54, 1.807) is 24.3 Å². The number of rotatable bonds is 7. The summed E-state index contributed by atoms with van der Waals surface area (Å²) in [5, 5.41) is 2.50. The number of thioether (sulfide) groups is 1. The molecule has 1 heterocycles. The molecule has 162 valence electrons. The van der Waals surface area contributed by atoms with Crippen LogP contribution in [0.1, 0.15) is 18.1 Å². The predicted molar refractivity (Wildman–Crippen MR) is 122 cm³/mol. The topological polar surface area (TPSA) is 84.9 Å². The van der Waals surface area contributed by atoms with Gasteiger partial charge in [0.2, 0.25) is 5.91 Å². The van der Waals surface area contributed by atoms with Gasteiger partial charge < -0.3 is 14.8 Å². The number of imide groups is 1. The van der Waals surface area contributed by atoms with Crippen molar-refractivity contribution in [1.82, 2.24) is 4.90 Å². The maximum absolute atomic E-state index is 12.7. The van der Waals surface area contributed by atoms with Gasteiger partial charge in [0.05, 0.1) is 23.6 Å². The normalized spacial score (nSPS) is 14.8. The van der Waals surface area contributed by atoms with Gasteiger partial charge in [0.25, 0.3) is 11.1 Å². The predicted octanol–water partition coefficient (Wildman–Crippen LogP) is 4.73. The Labute approximate surface area is 189 Å². The van der Waals surface area contributed by atoms with E-state index in [0.29, 0.717) is 34.4 Å². The molecule has 0 atom stereocenters. The number of halogens is 1. The molecule has 0 aliphatic carbocycles. The van der Waals surface area contributed by atoms with Gasteiger partial charge in [0.1, 0.15) is 6.54 Å². The van der Waals surface area contributed by atoms with E-state index in [1.807, 2.05) is 26.0 Å². The summed E-state index contributed by atoms with van der Waals surface area (Å²) in [5.74, 6) is -0.180. The van der Waals surface area contributed by atoms with Crippen molar-refractivity contribution in [2.75, 3.05) is 25.6 Å². The maximum Gasteiger partial charge on any atom is 0.294 e. The lowest BCUT2D eigenvalue weighted by Crippen LogP contribution is -2.36. The van der Waals surface area contributed by atoms with Gasteiger partial charge >= 0.3 is 0 Å². The number of carbonyl (C=O) groups is 3. The number of benzene rings is 2. The van der Waals surface area contributed by atoms with Gasteiger partial charge in [0.15, 0.2) is 11.5 Å². The Hall–Kier alpha value is -2.97. The molecule has 3 rings (SSSR count). The standard InChI is InChI=1S/C22H21ClN2O5S/c1-4-30-20-16(23)9-14(10-17(20)29-3)11-18-21(27)25(22(28)31-18)12-19(26)24-15-7-5-6-13(2)8-15/h5-11H,4,12H2,1-3H3,(H,24,26)/b18-11-. The van der Waals surface area contributed by atoms with Crippen molar-refractivity contribution in [3.8, 4) is 11.5 Å². The molecule has 0 aromatic heterocycles. The average molecular weight is 461 g/mol. The summed E-state index contributed by atoms with van der Waals surface area (Å²) in [6.07, 6.45) is 1.54. The monoisotopic (exact) mass is 460 g/mol. The van der Waals surface area contributed by atoms with E-state index in [-0.39, 0.29) is 11.4 Å². The molecule has 1 fully saturated rings. The maximum atomic E-state index is 12.7. The number of carbonyl (C=O) groups excluding carboxylic acids is 3. The minimum absolute atomic E-state index is 0.190. The van der Waals surface area contributed by atoms with E-state index in [2.05, 4.69) is 5.32 Å². The van der Waals surface area contributed by atoms with Crippen LogP contribution in [0.25, 0.3) is 6.08 Å². The number of ether oxygens (including phenoxy) is 2. The van der Waals surface area contributed by atoms with E-state index in [4.69, 9.17) is 21.1 Å². The molecule has 1 aliphatic rings. The summed E-state index contributed by atoms with van der Waals surface area (Å²) in [6.45, 7) is 3.77. The molecule has 2 aromatic rings. The molecule has 0 bridgehead atoms. The molecule has 0 radical (unpaired) electrons. The van der Waals surface area contributed by atoms with Crippen LogP contribution in [-0.4, -0.2) is 42.2 Å². The van der Waals surface area contributed by atoms with Crippen LogP contribution in [0.4, 0.5) is 10.5 Å². The second-order valence-electron chi connectivity index (χ2n) is 6.65. The Bertz CT molecular complexity index is 1070. The number of hydrogen-bond acceptors (Lipinski definition) is 6. The molecule has 1 aliphatic heterocycles. The minimum atomic E-state index is -0.543. The van der Waals surface area contributed by atoms with Crippen LogP contribution in [0.15, 0.2) is 41.3 Å². The number of methoxy groups -OCH3 is 1. The fraction of sp³-hybridized carbons (Fsp3) is 0.227. The number of aryl methyl sites for hydroxylation is 1. The Morgan fingerprint density at radius 3 is 2.71 bits per heavy atom. The number of hydrogen-bond donors (Lipinski definition) is 1. The van der Waals surface area contributed by atoms with E-state index in [1.165, 1.54) is 13.2 Å². The smallest absolute Gasteiger partial charge is 0.294 e. The first kappa shape index (κ1) is 22.7. The molecular weight excluding hydrogens is 440 g/mol. The van der Waals surface area contributed by atoms with Crippen molar-refractivity contribution in [2.24, 2.45) is 0 Å². The Balaban J connectivity index is 1.76. The zero-order valence-electron chi connectivity index (χ0n) is 17.2. The van der Waals surface area contributed by atoms with Gasteiger partial charge in [-0.05, 0) is 67.1 Å². The summed E-state index contributed by atoms with van der Waals surface area (Å²) in [7, 11) is 1.48. The van der Waals surface area contributed by atoms with E-state index in [0.717, 1.165) is 22.2 Å². The highest BCUT2D eigenvalue weighted by Crippen LogP contribution is 2.38. The second kappa shape index (κ2) is 9.89. The van der Waals surface area contributed by atoms with Crippen LogP contribution in [0.2, 0.25) is 5.02 Å². The first-order valence-electron chi connectivity index (χ1n) is 9.44. The summed E-state index contributed by atoms with van der Waals surface area (Å²) >= 11 is 7.04. The van der Waals surface area contributed by atoms with E-state index < -0.39 is 17.1 Å². The molecular formula is C22H21ClN2O5S. The van der Waals surface area contributed by atoms with Gasteiger partial charge in [-0.3, -0.25) is 19.3 Å². The molecule has 9 heteroatoms. The van der Waals surface area contributed by atoms with Crippen molar-refractivity contribution in [3.63, 3.8) is 0 Å². The Kier molecular flexibility index (Phi) is 7.25. The molecule has 1 N–H and O–H groups in total. The molecule has 0 saturated carbocycles. The molecule has 2 aromatic carbocycles. The Morgan fingerprint density at radius 1 is 1.26 bits per heavy atom. The van der Waals surface area contributed by atoms with Crippen molar-refractivity contribution in [1.29, 1.82) is 0 Å². The Morgan fingerprint density at radius 2 is 2.03 bits per heavy atom. The lowest BCUT2D eigenvalue weighted by molar-refractivity contribution is -0.127. The van der Waals surface area contributed by atoms with Crippen LogP contribution in [-0.2, 0) is 9.59 Å². The number of amides is 3. The highest BCUT2D eigenvalue weighted by molar-refractivity contribution is 8.18. The third-order valence-corrected chi connectivity index (χ3v) is 5.50. The fourth-order valence-electron chi connectivity index (χ4n) is 2.96. The number of anilines is 1. The highest BCUT2D eigenvalue weighted by Gasteiger charge is 2.36. The SMILES string of the molecule is CCOc1c(Cl)cc(/C=C2\SC(=O)N(CC(=O)Nc3cccc(C)c3)C2=O)cc1OC. The van der Waals surface area contributed by atoms with Crippen molar-refractivity contribution in [3.05, 3.63) is 57.5 Å². The van der Waals surface area contributed by atoms with Gasteiger partial charge in [-0.15, -0.1) is 0 Å². The first-order chi connectivity index (χ1) is 14.8. The van der Waals surface area contributed by atoms with Gasteiger partial charge in [-0.2, -0.15) is 0 Å². The lowest BCUT2D eigenvalue weighted by atomic mass is 10.1. The third-order valence-electron chi connectivity index (χ3n) is 4.32. The van der Waals surface area contributed by atoms with Crippen LogP contribution in [0, 0.1) is 6.92 Å². The minimum Gasteiger partial charge on any atom is -0.493 e. The largest absolute Gasteiger partial charge is 0.493 e. The molecule has 31 heavy (non-hydrogen) atoms. The van der Waals surface area contributed by atoms with Crippen LogP contribution >= 0.6 is 23.4 Å². The van der Waals surface area contributed by atoms with Crippen LogP contribution in [0.3, 0.4) is 0 Å². The number of nitrogens with one attached hydrogen (secondary N) is 1. The van der Waals surface area contributed by atoms with Gasteiger partial charge in [0, 0.05) is 5.69 Å². The van der Waals surface area contributed by atoms with Gasteiger partial charge in [-0.1, -0.05) is 23.7 Å². The highest BCUT2D eigenvalue weighted by atomic mass is 35.5. The average Bonchev–Trinajstić information content (AvgIpc) is 2.97. The summed E-state index contributed by atoms with van der Waals surface area (Å²) in [6, 6.07) is 10.5. The molecule has 7 nitrogen and oxygen atoms in total. The van der Waals surface area contributed by atoms with Crippen LogP contribution in [0.5, 0.6) is 11.5 Å². The summed E-state index contributed by atoms with van der Waals surface area (Å²) in [5.41, 5.74) is 2.15. The van der Waals surface area contributed by atoms with Gasteiger partial charge in [-0.25, -0.2) is 0 Å². The molecule has 3 amide bonds. The second-order valence-corrected chi connectivity index (χ2v) is 8.05. The van der Waals surface area contributed by atoms with E-state index in [9.17, 15) is 14.4 Å². The van der Waals surface area contributed by atoms with Crippen molar-refractivity contribution < 1.29 is 23.9 Å². The van der Waals surface area contributed by atoms with Crippen molar-refractivity contribution in [2.45, 2.75) is 13.8 Å². The van der Waals surface area contributed by atoms with Crippen molar-refractivity contribution >= 4 is 52.2 Å². The fourth-order valence-corrected chi connectivity index (χ4v) is 4.07. The first-order valence-corrected chi connectivity index (χ1v) is 10.6. The van der Waals surface area contributed by atoms with Crippen LogP contribution < -0.4 is 14.8 Å². The zero-order valence-corrected chi connectivity index (χ0v) is 18.8. The summed E-state index contributed by atoms with van der Waals surface area (Å²) in [4.78, 5) is 38.5. The summed E-state index contributed by atoms with van der Waals surface area (Å²) < 4.78 is 10.8. The molecule has 1 saturated heterocycles. The molecule has 0 unspecified atom stereocenters. The third kappa shape index (κ3) is 5.39. The zero-order chi connectivity index (χ0) is 22.5. The van der Waals surface area contributed by atoms with E-state index >= 15 is 0 Å².